The smallest absolute Gasteiger partial charge is 0.323 e. The van der Waals surface area contributed by atoms with Gasteiger partial charge in [0.15, 0.2) is 11.2 Å². The van der Waals surface area contributed by atoms with Crippen molar-refractivity contribution in [3.8, 4) is 5.88 Å². The average molecular weight is 770 g/mol. The molecule has 0 aliphatic rings. The van der Waals surface area contributed by atoms with Crippen LogP contribution in [-0.4, -0.2) is 90.7 Å². The van der Waals surface area contributed by atoms with Crippen LogP contribution in [0.4, 0.5) is 5.95 Å². The highest BCUT2D eigenvalue weighted by Crippen LogP contribution is 2.38. The first kappa shape index (κ1) is 46.0. The number of ether oxygens (including phenoxy) is 4. The molecule has 3 atom stereocenters. The van der Waals surface area contributed by atoms with Gasteiger partial charge in [-0.25, -0.2) is 15.2 Å². The normalized spacial score (nSPS) is 13.2. The average Bonchev–Trinajstić information content (AvgIpc) is 3.57. The van der Waals surface area contributed by atoms with Gasteiger partial charge in [0.25, 0.3) is 0 Å². The van der Waals surface area contributed by atoms with Crippen LogP contribution in [0.1, 0.15) is 52.7 Å². The van der Waals surface area contributed by atoms with Gasteiger partial charge in [-0.3, -0.25) is 9.36 Å². The molecule has 2 heterocycles. The maximum absolute atomic E-state index is 14.6. The number of aldehydes is 1. The molecule has 2 aromatic carbocycles. The number of imidazole rings is 1. The van der Waals surface area contributed by atoms with Crippen LogP contribution in [0.15, 0.2) is 67.0 Å². The molecular weight excluding hydrogens is 709 g/mol. The van der Waals surface area contributed by atoms with Crippen LogP contribution < -0.4 is 20.6 Å². The van der Waals surface area contributed by atoms with E-state index in [0.29, 0.717) is 30.0 Å². The van der Waals surface area contributed by atoms with E-state index in [4.69, 9.17) is 24.7 Å². The molecule has 0 saturated heterocycles. The molecule has 298 valence electrons. The Labute approximate surface area is 320 Å². The lowest BCUT2D eigenvalue weighted by Crippen LogP contribution is -2.44. The van der Waals surface area contributed by atoms with Gasteiger partial charge in [0.1, 0.15) is 12.3 Å². The van der Waals surface area contributed by atoms with E-state index >= 15 is 0 Å². The molecule has 0 aliphatic carbocycles. The molecule has 0 aliphatic heterocycles. The Balaban J connectivity index is 0.00000115. The number of nitrogen functional groups attached to an aromatic ring is 1. The number of methoxy groups -OCH3 is 2. The number of nitrogens with zero attached hydrogens (tertiary/aromatic N) is 4. The number of nitrogens with one attached hydrogen (secondary N) is 2. The third-order valence-electron chi connectivity index (χ3n) is 7.50. The van der Waals surface area contributed by atoms with Crippen molar-refractivity contribution in [2.75, 3.05) is 52.5 Å². The van der Waals surface area contributed by atoms with Crippen molar-refractivity contribution in [1.82, 2.24) is 29.7 Å². The van der Waals surface area contributed by atoms with Crippen LogP contribution in [0.5, 0.6) is 5.88 Å². The maximum Gasteiger partial charge on any atom is 0.323 e. The lowest BCUT2D eigenvalue weighted by Gasteiger charge is -2.28. The van der Waals surface area contributed by atoms with Gasteiger partial charge < -0.3 is 34.0 Å². The number of rotatable bonds is 21. The lowest BCUT2D eigenvalue weighted by molar-refractivity contribution is -0.146. The van der Waals surface area contributed by atoms with E-state index in [1.807, 2.05) is 88.4 Å². The van der Waals surface area contributed by atoms with Crippen LogP contribution in [0.25, 0.3) is 11.2 Å². The highest BCUT2D eigenvalue weighted by atomic mass is 31.2. The first-order chi connectivity index (χ1) is 26.0. The van der Waals surface area contributed by atoms with Crippen molar-refractivity contribution in [2.45, 2.75) is 73.0 Å². The predicted octanol–water partition coefficient (Wildman–Crippen LogP) is 5.74. The quantitative estimate of drug-likeness (QED) is 0.0404. The minimum absolute atomic E-state index is 0.00248. The molecule has 0 spiro atoms. The standard InChI is InChI=1S/C32H42N7O6P.C5H12O.C2H6/c1-23(2)21-45-31(41)27(19-25-12-8-5-9-13-25)38-46(42,37-26(20-40)18-24-10-6-4-7-11-24)17-16-44-15-14-39-22-34-28-29(39)35-32(33)36-30(28)43-3;1-5(2)4-6-3;1-2/h4-13,20,22-23,26-27H,14-19,21H2,1-3H3,(H2,33,35,36)(H2,37,38,42);5H,4H2,1-3H3;1-2H3/t26-,27-,46?;;/m0../s1. The van der Waals surface area contributed by atoms with Crippen molar-refractivity contribution in [1.29, 1.82) is 0 Å². The van der Waals surface area contributed by atoms with Gasteiger partial charge in [0.05, 0.1) is 45.5 Å². The van der Waals surface area contributed by atoms with Crippen molar-refractivity contribution < 1.29 is 33.1 Å². The summed E-state index contributed by atoms with van der Waals surface area (Å²) in [5, 5.41) is 6.11. The summed E-state index contributed by atoms with van der Waals surface area (Å²) in [5.41, 5.74) is 8.57. The number of esters is 1. The lowest BCUT2D eigenvalue weighted by atomic mass is 10.1. The molecule has 15 heteroatoms. The number of carbonyl (C=O) groups is 2. The molecule has 14 nitrogen and oxygen atoms in total. The summed E-state index contributed by atoms with van der Waals surface area (Å²) in [5.74, 6) is 0.617. The second-order valence-corrected chi connectivity index (χ2v) is 15.5. The summed E-state index contributed by atoms with van der Waals surface area (Å²) < 4.78 is 37.8. The number of fused-ring (bicyclic) bond motifs is 1. The van der Waals surface area contributed by atoms with E-state index in [-0.39, 0.29) is 50.1 Å². The van der Waals surface area contributed by atoms with E-state index < -0.39 is 25.5 Å². The first-order valence-corrected chi connectivity index (χ1v) is 20.3. The Morgan fingerprint density at radius 1 is 0.889 bits per heavy atom. The molecule has 54 heavy (non-hydrogen) atoms. The van der Waals surface area contributed by atoms with Crippen LogP contribution in [0.3, 0.4) is 0 Å². The number of hydrogen-bond donors (Lipinski definition) is 3. The molecule has 0 radical (unpaired) electrons. The summed E-state index contributed by atoms with van der Waals surface area (Å²) in [6, 6.07) is 17.2. The van der Waals surface area contributed by atoms with Gasteiger partial charge in [-0.1, -0.05) is 102 Å². The SMILES string of the molecule is CC.COCC(C)C.COc1nc(N)nc2c1ncn2CCOCCP(=O)(N[C@H](C=O)Cc1ccccc1)N[C@@H](Cc1ccccc1)C(=O)OCC(C)C. The molecule has 1 unspecified atom stereocenters. The molecule has 4 aromatic rings. The Kier molecular flexibility index (Phi) is 21.3. The Morgan fingerprint density at radius 2 is 1.50 bits per heavy atom. The number of nitrogens with two attached hydrogens (primary N) is 1. The zero-order valence-corrected chi connectivity index (χ0v) is 34.0. The maximum atomic E-state index is 14.6. The van der Waals surface area contributed by atoms with Crippen LogP contribution >= 0.6 is 7.44 Å². The molecule has 0 saturated carbocycles. The van der Waals surface area contributed by atoms with Gasteiger partial charge in [-0.2, -0.15) is 9.97 Å². The fraction of sp³-hybridized carbons (Fsp3) is 0.513. The van der Waals surface area contributed by atoms with E-state index in [9.17, 15) is 14.2 Å². The molecule has 0 amide bonds. The van der Waals surface area contributed by atoms with Crippen LogP contribution in [0, 0.1) is 11.8 Å². The number of hydrogen-bond acceptors (Lipinski definition) is 11. The number of anilines is 1. The van der Waals surface area contributed by atoms with Crippen molar-refractivity contribution in [3.05, 3.63) is 78.1 Å². The topological polar surface area (TPSA) is 182 Å². The van der Waals surface area contributed by atoms with Gasteiger partial charge >= 0.3 is 5.97 Å². The summed E-state index contributed by atoms with van der Waals surface area (Å²) in [6.45, 7) is 13.9. The predicted molar refractivity (Wildman–Crippen MR) is 214 cm³/mol. The van der Waals surface area contributed by atoms with E-state index in [1.165, 1.54) is 7.11 Å². The minimum Gasteiger partial charge on any atom is -0.479 e. The van der Waals surface area contributed by atoms with Crippen molar-refractivity contribution in [2.24, 2.45) is 11.8 Å². The van der Waals surface area contributed by atoms with Gasteiger partial charge in [-0.05, 0) is 35.8 Å². The summed E-state index contributed by atoms with van der Waals surface area (Å²) in [6.07, 6.45) is 2.89. The fourth-order valence-electron chi connectivity index (χ4n) is 5.09. The second-order valence-electron chi connectivity index (χ2n) is 13.1. The molecule has 0 fully saturated rings. The molecule has 0 bridgehead atoms. The zero-order chi connectivity index (χ0) is 39.9. The molecule has 4 N–H and O–H groups in total. The number of benzene rings is 2. The third-order valence-corrected chi connectivity index (χ3v) is 9.79. The number of aromatic nitrogens is 4. The summed E-state index contributed by atoms with van der Waals surface area (Å²) in [7, 11) is -0.408. The Hall–Kier alpha value is -4.20. The third kappa shape index (κ3) is 16.4. The molecule has 2 aromatic heterocycles. The van der Waals surface area contributed by atoms with E-state index in [0.717, 1.165) is 24.0 Å². The van der Waals surface area contributed by atoms with Crippen LogP contribution in [0.2, 0.25) is 0 Å². The summed E-state index contributed by atoms with van der Waals surface area (Å²) in [4.78, 5) is 38.1. The van der Waals surface area contributed by atoms with Crippen molar-refractivity contribution >= 4 is 36.8 Å². The highest BCUT2D eigenvalue weighted by Gasteiger charge is 2.33. The first-order valence-electron chi connectivity index (χ1n) is 18.4. The number of carbonyl (C=O) groups excluding carboxylic acids is 2. The molecular formula is C39H60N7O7P. The monoisotopic (exact) mass is 769 g/mol. The van der Waals surface area contributed by atoms with Gasteiger partial charge in [0.2, 0.25) is 19.3 Å². The second kappa shape index (κ2) is 25.0. The van der Waals surface area contributed by atoms with E-state index in [1.54, 1.807) is 18.0 Å². The largest absolute Gasteiger partial charge is 0.479 e. The van der Waals surface area contributed by atoms with E-state index in [2.05, 4.69) is 39.0 Å². The Morgan fingerprint density at radius 3 is 2.04 bits per heavy atom. The fourth-order valence-corrected chi connectivity index (χ4v) is 7.20. The molecule has 4 rings (SSSR count). The van der Waals surface area contributed by atoms with Crippen molar-refractivity contribution in [3.63, 3.8) is 0 Å². The van der Waals surface area contributed by atoms with Gasteiger partial charge in [-0.15, -0.1) is 0 Å². The highest BCUT2D eigenvalue weighted by molar-refractivity contribution is 7.60. The van der Waals surface area contributed by atoms with Crippen LogP contribution in [-0.2, 0) is 47.8 Å². The Bertz CT molecular complexity index is 1690. The van der Waals surface area contributed by atoms with Gasteiger partial charge in [0, 0.05) is 20.3 Å². The zero-order valence-electron chi connectivity index (χ0n) is 33.1. The minimum atomic E-state index is -3.61. The summed E-state index contributed by atoms with van der Waals surface area (Å²) >= 11 is 0.